The van der Waals surface area contributed by atoms with E-state index >= 15 is 0 Å². The number of imidazole rings is 1. The normalized spacial score (nSPS) is 15.3. The van der Waals surface area contributed by atoms with Crippen LogP contribution >= 0.6 is 7.60 Å². The van der Waals surface area contributed by atoms with E-state index in [1.165, 1.54) is 20.5 Å². The fraction of sp³-hybridized carbons (Fsp3) is 0.583. The van der Waals surface area contributed by atoms with Crippen LogP contribution in [0.2, 0.25) is 0 Å². The van der Waals surface area contributed by atoms with Gasteiger partial charge in [0.15, 0.2) is 11.2 Å². The van der Waals surface area contributed by atoms with Gasteiger partial charge in [0.1, 0.15) is 6.35 Å². The molecule has 24 heavy (non-hydrogen) atoms. The molecule has 0 saturated heterocycles. The quantitative estimate of drug-likeness (QED) is 0.596. The molecule has 0 amide bonds. The molecular formula is C12H20N5O6P. The number of anilines is 1. The van der Waals surface area contributed by atoms with E-state index in [2.05, 4.69) is 19.5 Å². The molecule has 2 atom stereocenters. The number of nitrogens with zero attached hydrogens (tertiary/aromatic N) is 4. The maximum absolute atomic E-state index is 11.5. The van der Waals surface area contributed by atoms with Gasteiger partial charge < -0.3 is 33.9 Å². The van der Waals surface area contributed by atoms with E-state index in [4.69, 9.17) is 19.9 Å². The molecule has 2 rings (SSSR count). The van der Waals surface area contributed by atoms with E-state index in [0.717, 1.165) is 7.11 Å². The van der Waals surface area contributed by atoms with Crippen molar-refractivity contribution < 1.29 is 28.2 Å². The Kier molecular flexibility index (Phi) is 6.08. The summed E-state index contributed by atoms with van der Waals surface area (Å²) in [6.07, 6.45) is 0.553. The van der Waals surface area contributed by atoms with Gasteiger partial charge in [0.25, 0.3) is 0 Å². The molecule has 1 unspecified atom stereocenters. The zero-order chi connectivity index (χ0) is 17.7. The number of rotatable bonds is 9. The molecule has 0 aliphatic heterocycles. The van der Waals surface area contributed by atoms with Crippen LogP contribution in [0.15, 0.2) is 6.33 Å². The number of hydrogen-bond acceptors (Lipinski definition) is 9. The molecule has 0 saturated carbocycles. The minimum atomic E-state index is -3.78. The number of nitrogen functional groups attached to an aromatic ring is 1. The lowest BCUT2D eigenvalue weighted by molar-refractivity contribution is 0.00336. The van der Waals surface area contributed by atoms with Gasteiger partial charge in [-0.3, -0.25) is 4.57 Å². The van der Waals surface area contributed by atoms with Crippen molar-refractivity contribution in [3.05, 3.63) is 6.33 Å². The Balaban J connectivity index is 2.21. The van der Waals surface area contributed by atoms with Crippen LogP contribution in [0, 0.1) is 0 Å². The van der Waals surface area contributed by atoms with Gasteiger partial charge in [0, 0.05) is 14.2 Å². The second kappa shape index (κ2) is 7.86. The molecule has 0 aromatic carbocycles. The number of hydrogen-bond donors (Lipinski definition) is 2. The fourth-order valence-corrected chi connectivity index (χ4v) is 2.53. The Morgan fingerprint density at radius 2 is 2.12 bits per heavy atom. The third-order valence-corrected chi connectivity index (χ3v) is 4.20. The second-order valence-electron chi connectivity index (χ2n) is 4.85. The predicted molar refractivity (Wildman–Crippen MR) is 84.7 cm³/mol. The highest BCUT2D eigenvalue weighted by molar-refractivity contribution is 7.52. The van der Waals surface area contributed by atoms with Gasteiger partial charge in [-0.25, -0.2) is 4.98 Å². The zero-order valence-electron chi connectivity index (χ0n) is 13.6. The third kappa shape index (κ3) is 4.40. The molecule has 3 N–H and O–H groups in total. The highest BCUT2D eigenvalue weighted by atomic mass is 31.2. The SMILES string of the molecule is COC[C@H](Cn1cnc2c(OC)nc(N)nc21)OCP(=O)(O)OC. The maximum Gasteiger partial charge on any atom is 0.353 e. The van der Waals surface area contributed by atoms with Crippen molar-refractivity contribution in [1.29, 1.82) is 0 Å². The fourth-order valence-electron chi connectivity index (χ4n) is 2.02. The van der Waals surface area contributed by atoms with Gasteiger partial charge in [-0.05, 0) is 0 Å². The Morgan fingerprint density at radius 1 is 1.38 bits per heavy atom. The lowest BCUT2D eigenvalue weighted by Gasteiger charge is -2.19. The van der Waals surface area contributed by atoms with E-state index in [-0.39, 0.29) is 25.0 Å². The van der Waals surface area contributed by atoms with Crippen molar-refractivity contribution in [2.45, 2.75) is 12.6 Å². The topological polar surface area (TPSA) is 144 Å². The summed E-state index contributed by atoms with van der Waals surface area (Å²) >= 11 is 0. The lowest BCUT2D eigenvalue weighted by Crippen LogP contribution is -2.25. The summed E-state index contributed by atoms with van der Waals surface area (Å²) in [5.74, 6) is 0.309. The summed E-state index contributed by atoms with van der Waals surface area (Å²) < 4.78 is 33.3. The van der Waals surface area contributed by atoms with Crippen LogP contribution < -0.4 is 10.5 Å². The van der Waals surface area contributed by atoms with Crippen molar-refractivity contribution in [3.8, 4) is 5.88 Å². The van der Waals surface area contributed by atoms with Crippen molar-refractivity contribution in [2.75, 3.05) is 40.0 Å². The van der Waals surface area contributed by atoms with Crippen LogP contribution in [-0.2, 0) is 25.1 Å². The summed E-state index contributed by atoms with van der Waals surface area (Å²) in [6.45, 7) is 0.467. The smallest absolute Gasteiger partial charge is 0.353 e. The summed E-state index contributed by atoms with van der Waals surface area (Å²) in [4.78, 5) is 21.7. The van der Waals surface area contributed by atoms with Gasteiger partial charge in [0.05, 0.1) is 32.7 Å². The molecule has 0 radical (unpaired) electrons. The number of methoxy groups -OCH3 is 2. The van der Waals surface area contributed by atoms with E-state index in [1.54, 1.807) is 4.57 Å². The average molecular weight is 361 g/mol. The van der Waals surface area contributed by atoms with E-state index < -0.39 is 20.0 Å². The van der Waals surface area contributed by atoms with Gasteiger partial charge in [0.2, 0.25) is 11.8 Å². The Morgan fingerprint density at radius 3 is 2.75 bits per heavy atom. The zero-order valence-corrected chi connectivity index (χ0v) is 14.5. The molecular weight excluding hydrogens is 341 g/mol. The minimum Gasteiger partial charge on any atom is -0.479 e. The van der Waals surface area contributed by atoms with Crippen LogP contribution in [0.4, 0.5) is 5.95 Å². The highest BCUT2D eigenvalue weighted by Gasteiger charge is 2.22. The highest BCUT2D eigenvalue weighted by Crippen LogP contribution is 2.40. The number of fused-ring (bicyclic) bond motifs is 1. The number of ether oxygens (including phenoxy) is 3. The van der Waals surface area contributed by atoms with Crippen LogP contribution in [0.25, 0.3) is 11.2 Å². The van der Waals surface area contributed by atoms with E-state index in [9.17, 15) is 9.46 Å². The van der Waals surface area contributed by atoms with Gasteiger partial charge in [-0.1, -0.05) is 0 Å². The monoisotopic (exact) mass is 361 g/mol. The van der Waals surface area contributed by atoms with Crippen LogP contribution in [0.1, 0.15) is 0 Å². The van der Waals surface area contributed by atoms with E-state index in [0.29, 0.717) is 11.2 Å². The molecule has 0 bridgehead atoms. The van der Waals surface area contributed by atoms with Crippen LogP contribution in [-0.4, -0.2) is 64.8 Å². The molecule has 0 aliphatic rings. The van der Waals surface area contributed by atoms with Crippen LogP contribution in [0.5, 0.6) is 5.88 Å². The first-order valence-electron chi connectivity index (χ1n) is 6.90. The predicted octanol–water partition coefficient (Wildman–Crippen LogP) is 0.238. The standard InChI is InChI=1S/C12H20N5O6P/c1-20-5-8(23-7-24(18,19)22-3)4-17-6-14-9-10(17)15-12(13)16-11(9)21-2/h6,8H,4-5,7H2,1-3H3,(H,18,19)(H2,13,15,16)/t8-/m0/s1. The summed E-state index contributed by atoms with van der Waals surface area (Å²) in [7, 11) is 0.325. The first-order chi connectivity index (χ1) is 11.4. The van der Waals surface area contributed by atoms with Gasteiger partial charge >= 0.3 is 7.60 Å². The third-order valence-electron chi connectivity index (χ3n) is 3.15. The summed E-state index contributed by atoms with van der Waals surface area (Å²) in [5.41, 5.74) is 6.58. The summed E-state index contributed by atoms with van der Waals surface area (Å²) in [6, 6.07) is 0. The minimum absolute atomic E-state index is 0.0459. The first-order valence-corrected chi connectivity index (χ1v) is 8.67. The maximum atomic E-state index is 11.5. The molecule has 0 aliphatic carbocycles. The molecule has 12 heteroatoms. The van der Waals surface area contributed by atoms with Gasteiger partial charge in [-0.2, -0.15) is 9.97 Å². The molecule has 2 heterocycles. The largest absolute Gasteiger partial charge is 0.479 e. The average Bonchev–Trinajstić information content (AvgIpc) is 2.95. The lowest BCUT2D eigenvalue weighted by atomic mass is 10.3. The second-order valence-corrected chi connectivity index (χ2v) is 6.75. The molecule has 11 nitrogen and oxygen atoms in total. The Labute approximate surface area is 138 Å². The molecule has 134 valence electrons. The molecule has 2 aromatic rings. The summed E-state index contributed by atoms with van der Waals surface area (Å²) in [5, 5.41) is 0. The number of aromatic nitrogens is 4. The van der Waals surface area contributed by atoms with E-state index in [1.807, 2.05) is 0 Å². The molecule has 2 aromatic heterocycles. The van der Waals surface area contributed by atoms with Crippen molar-refractivity contribution in [3.63, 3.8) is 0 Å². The van der Waals surface area contributed by atoms with Crippen LogP contribution in [0.3, 0.4) is 0 Å². The van der Waals surface area contributed by atoms with Crippen molar-refractivity contribution in [1.82, 2.24) is 19.5 Å². The Hall–Kier alpha value is -1.78. The first kappa shape index (κ1) is 18.6. The van der Waals surface area contributed by atoms with Crippen molar-refractivity contribution in [2.24, 2.45) is 0 Å². The van der Waals surface area contributed by atoms with Crippen molar-refractivity contribution >= 4 is 24.7 Å². The Bertz CT molecular complexity index is 738. The molecule has 0 fully saturated rings. The number of nitrogens with two attached hydrogens (primary N) is 1. The molecule has 0 spiro atoms. The van der Waals surface area contributed by atoms with Gasteiger partial charge in [-0.15, -0.1) is 0 Å².